The van der Waals surface area contributed by atoms with Crippen LogP contribution in [0.4, 0.5) is 0 Å². The van der Waals surface area contributed by atoms with Crippen LogP contribution in [0.1, 0.15) is 47.0 Å². The maximum Gasteiger partial charge on any atom is 0.0558 e. The number of β-amino-alcohol motifs (C(OH)–C–C–N with tert-alkyl or cyclic N) is 1. The van der Waals surface area contributed by atoms with Gasteiger partial charge in [-0.05, 0) is 49.6 Å². The zero-order chi connectivity index (χ0) is 12.2. The maximum atomic E-state index is 8.92. The molecule has 1 heterocycles. The van der Waals surface area contributed by atoms with Gasteiger partial charge < -0.3 is 10.0 Å². The summed E-state index contributed by atoms with van der Waals surface area (Å²) in [7, 11) is 0. The molecule has 0 spiro atoms. The number of nitrogens with zero attached hydrogens (tertiary/aromatic N) is 1. The number of aliphatic hydroxyl groups excluding tert-OH is 1. The van der Waals surface area contributed by atoms with Crippen molar-refractivity contribution < 1.29 is 23.7 Å². The summed E-state index contributed by atoms with van der Waals surface area (Å²) >= 11 is 0. The molecule has 1 saturated heterocycles. The van der Waals surface area contributed by atoms with Gasteiger partial charge in [-0.25, -0.2) is 0 Å². The Balaban J connectivity index is 0.00000256. The first kappa shape index (κ1) is 17.5. The number of aliphatic hydroxyl groups is 1. The van der Waals surface area contributed by atoms with E-state index >= 15 is 0 Å². The van der Waals surface area contributed by atoms with Gasteiger partial charge in [0, 0.05) is 25.1 Å². The minimum absolute atomic E-state index is 0. The molecule has 1 aliphatic rings. The normalized spacial score (nSPS) is 19.4. The number of piperidine rings is 1. The van der Waals surface area contributed by atoms with E-state index in [1.54, 1.807) is 0 Å². The summed E-state index contributed by atoms with van der Waals surface area (Å²) in [6, 6.07) is 0. The first-order valence-electron chi connectivity index (χ1n) is 6.79. The van der Waals surface area contributed by atoms with E-state index in [0.717, 1.165) is 18.4 Å². The van der Waals surface area contributed by atoms with Crippen LogP contribution in [0.5, 0.6) is 0 Å². The molecule has 0 aromatic heterocycles. The molecule has 2 nitrogen and oxygen atoms in total. The summed E-state index contributed by atoms with van der Waals surface area (Å²) in [5.41, 5.74) is 0.486. The molecule has 1 fully saturated rings. The Morgan fingerprint density at radius 2 is 1.76 bits per heavy atom. The fourth-order valence-corrected chi connectivity index (χ4v) is 3.30. The van der Waals surface area contributed by atoms with E-state index in [2.05, 4.69) is 32.6 Å². The summed E-state index contributed by atoms with van der Waals surface area (Å²) in [6.45, 7) is 13.0. The van der Waals surface area contributed by atoms with Crippen LogP contribution in [-0.2, 0) is 18.6 Å². The van der Waals surface area contributed by atoms with E-state index in [4.69, 9.17) is 5.11 Å². The average Bonchev–Trinajstić information content (AvgIpc) is 2.17. The Labute approximate surface area is 119 Å². The zero-order valence-electron chi connectivity index (χ0n) is 11.9. The minimum atomic E-state index is 0. The summed E-state index contributed by atoms with van der Waals surface area (Å²) in [6.07, 6.45) is 3.94. The van der Waals surface area contributed by atoms with E-state index in [1.807, 2.05) is 0 Å². The minimum Gasteiger partial charge on any atom is -0.395 e. The molecule has 0 aromatic rings. The predicted molar refractivity (Wildman–Crippen MR) is 69.5 cm³/mol. The third-order valence-corrected chi connectivity index (χ3v) is 4.04. The smallest absolute Gasteiger partial charge is 0.0558 e. The molecule has 0 bridgehead atoms. The Bertz CT molecular complexity index is 198. The van der Waals surface area contributed by atoms with Crippen molar-refractivity contribution in [3.8, 4) is 0 Å². The standard InChI is InChI=1S/C14H29NO.V/c1-12(2)11-14(3,4)13-5-7-15(8-6-13)9-10-16;/h12-13,16H,5-11H2,1-4H3;. The quantitative estimate of drug-likeness (QED) is 0.836. The number of hydrogen-bond donors (Lipinski definition) is 1. The second-order valence-corrected chi connectivity index (χ2v) is 6.43. The number of hydrogen-bond acceptors (Lipinski definition) is 2. The van der Waals surface area contributed by atoms with Gasteiger partial charge in [0.05, 0.1) is 6.61 Å². The van der Waals surface area contributed by atoms with Gasteiger partial charge in [0.15, 0.2) is 0 Å². The van der Waals surface area contributed by atoms with Crippen molar-refractivity contribution in [2.45, 2.75) is 47.0 Å². The third-order valence-electron chi connectivity index (χ3n) is 4.04. The largest absolute Gasteiger partial charge is 0.395 e. The third kappa shape index (κ3) is 5.78. The van der Waals surface area contributed by atoms with Crippen molar-refractivity contribution in [3.05, 3.63) is 0 Å². The van der Waals surface area contributed by atoms with Crippen molar-refractivity contribution in [2.75, 3.05) is 26.2 Å². The van der Waals surface area contributed by atoms with Crippen LogP contribution in [0.25, 0.3) is 0 Å². The Morgan fingerprint density at radius 3 is 2.18 bits per heavy atom. The Morgan fingerprint density at radius 1 is 1.24 bits per heavy atom. The van der Waals surface area contributed by atoms with Crippen molar-refractivity contribution >= 4 is 0 Å². The summed E-state index contributed by atoms with van der Waals surface area (Å²) in [5.74, 6) is 1.66. The van der Waals surface area contributed by atoms with Crippen LogP contribution >= 0.6 is 0 Å². The Kier molecular flexibility index (Phi) is 8.07. The van der Waals surface area contributed by atoms with E-state index < -0.39 is 0 Å². The van der Waals surface area contributed by atoms with Gasteiger partial charge in [0.2, 0.25) is 0 Å². The van der Waals surface area contributed by atoms with Crippen molar-refractivity contribution in [2.24, 2.45) is 17.3 Å². The van der Waals surface area contributed by atoms with Gasteiger partial charge in [0.25, 0.3) is 0 Å². The molecule has 101 valence electrons. The van der Waals surface area contributed by atoms with Gasteiger partial charge in [-0.15, -0.1) is 0 Å². The number of likely N-dealkylation sites (tertiary alicyclic amines) is 1. The second-order valence-electron chi connectivity index (χ2n) is 6.43. The molecule has 1 radical (unpaired) electrons. The second kappa shape index (κ2) is 7.83. The zero-order valence-corrected chi connectivity index (χ0v) is 13.3. The molecular weight excluding hydrogens is 249 g/mol. The van der Waals surface area contributed by atoms with E-state index in [0.29, 0.717) is 12.0 Å². The van der Waals surface area contributed by atoms with Crippen LogP contribution in [0.2, 0.25) is 0 Å². The van der Waals surface area contributed by atoms with E-state index in [9.17, 15) is 0 Å². The molecule has 1 N–H and O–H groups in total. The predicted octanol–water partition coefficient (Wildman–Crippen LogP) is 2.76. The van der Waals surface area contributed by atoms with Crippen molar-refractivity contribution in [1.29, 1.82) is 0 Å². The van der Waals surface area contributed by atoms with Crippen molar-refractivity contribution in [3.63, 3.8) is 0 Å². The fraction of sp³-hybridized carbons (Fsp3) is 1.00. The maximum absolute atomic E-state index is 8.92. The summed E-state index contributed by atoms with van der Waals surface area (Å²) < 4.78 is 0. The van der Waals surface area contributed by atoms with Crippen LogP contribution in [0, 0.1) is 17.3 Å². The average molecular weight is 278 g/mol. The molecule has 0 amide bonds. The molecule has 0 saturated carbocycles. The molecule has 0 aliphatic carbocycles. The molecule has 0 aromatic carbocycles. The fourth-order valence-electron chi connectivity index (χ4n) is 3.30. The summed E-state index contributed by atoms with van der Waals surface area (Å²) in [4.78, 5) is 2.39. The summed E-state index contributed by atoms with van der Waals surface area (Å²) in [5, 5.41) is 8.92. The van der Waals surface area contributed by atoms with Crippen LogP contribution < -0.4 is 0 Å². The van der Waals surface area contributed by atoms with Gasteiger partial charge in [-0.1, -0.05) is 27.7 Å². The van der Waals surface area contributed by atoms with Gasteiger partial charge in [0.1, 0.15) is 0 Å². The van der Waals surface area contributed by atoms with Crippen LogP contribution in [-0.4, -0.2) is 36.2 Å². The first-order chi connectivity index (χ1) is 7.45. The van der Waals surface area contributed by atoms with Gasteiger partial charge in [-0.2, -0.15) is 0 Å². The topological polar surface area (TPSA) is 23.5 Å². The molecule has 1 aliphatic heterocycles. The van der Waals surface area contributed by atoms with Crippen LogP contribution in [0.3, 0.4) is 0 Å². The van der Waals surface area contributed by atoms with Crippen molar-refractivity contribution in [1.82, 2.24) is 4.90 Å². The van der Waals surface area contributed by atoms with E-state index in [1.165, 1.54) is 32.4 Å². The van der Waals surface area contributed by atoms with E-state index in [-0.39, 0.29) is 18.6 Å². The first-order valence-corrected chi connectivity index (χ1v) is 6.79. The molecule has 17 heavy (non-hydrogen) atoms. The van der Waals surface area contributed by atoms with Crippen LogP contribution in [0.15, 0.2) is 0 Å². The van der Waals surface area contributed by atoms with Gasteiger partial charge in [-0.3, -0.25) is 0 Å². The molecule has 0 atom stereocenters. The molecule has 3 heteroatoms. The number of rotatable bonds is 5. The molecule has 1 rings (SSSR count). The molecular formula is C14H29NOV. The monoisotopic (exact) mass is 278 g/mol. The molecule has 0 unspecified atom stereocenters. The van der Waals surface area contributed by atoms with Gasteiger partial charge >= 0.3 is 0 Å². The SMILES string of the molecule is CC(C)CC(C)(C)C1CCN(CCO)CC1.[V]. The Hall–Kier alpha value is 0.504.